The van der Waals surface area contributed by atoms with E-state index in [1.165, 1.54) is 0 Å². The van der Waals surface area contributed by atoms with E-state index in [0.717, 1.165) is 17.2 Å². The molecule has 90 valence electrons. The number of amides is 1. The third-order valence-electron chi connectivity index (χ3n) is 2.18. The first-order valence-electron chi connectivity index (χ1n) is 4.88. The van der Waals surface area contributed by atoms with Gasteiger partial charge in [-0.15, -0.1) is 0 Å². The Morgan fingerprint density at radius 3 is 2.82 bits per heavy atom. The van der Waals surface area contributed by atoms with E-state index in [0.29, 0.717) is 5.69 Å². The molecule has 1 heterocycles. The Balaban J connectivity index is 2.22. The second-order valence-corrected chi connectivity index (χ2v) is 5.44. The summed E-state index contributed by atoms with van der Waals surface area (Å²) in [5, 5.41) is 7.55. The number of para-hydroxylation sites is 1. The van der Waals surface area contributed by atoms with Crippen LogP contribution >= 0.6 is 0 Å². The molecule has 0 fully saturated rings. The van der Waals surface area contributed by atoms with Crippen molar-refractivity contribution in [3.8, 4) is 0 Å². The lowest BCUT2D eigenvalue weighted by atomic mass is 10.2. The summed E-state index contributed by atoms with van der Waals surface area (Å²) in [7, 11) is -3.51. The van der Waals surface area contributed by atoms with Gasteiger partial charge in [-0.05, 0) is 6.07 Å². The van der Waals surface area contributed by atoms with Crippen molar-refractivity contribution < 1.29 is 13.2 Å². The van der Waals surface area contributed by atoms with Crippen molar-refractivity contribution >= 4 is 26.8 Å². The quantitative estimate of drug-likeness (QED) is 0.816. The predicted octanol–water partition coefficient (Wildman–Crippen LogP) is 0.181. The number of hydrogen-bond donors (Lipinski definition) is 2. The third-order valence-corrected chi connectivity index (χ3v) is 2.78. The van der Waals surface area contributed by atoms with Gasteiger partial charge in [-0.25, -0.2) is 8.42 Å². The Labute approximate surface area is 98.1 Å². The fourth-order valence-corrected chi connectivity index (χ4v) is 2.04. The fraction of sp³-hybridized carbons (Fsp3) is 0.200. The van der Waals surface area contributed by atoms with E-state index < -0.39 is 15.9 Å². The van der Waals surface area contributed by atoms with E-state index in [1.807, 2.05) is 29.0 Å². The zero-order chi connectivity index (χ0) is 12.5. The van der Waals surface area contributed by atoms with Crippen LogP contribution in [0.3, 0.4) is 0 Å². The fourth-order valence-electron chi connectivity index (χ4n) is 1.55. The second kappa shape index (κ2) is 4.17. The number of aromatic nitrogens is 2. The van der Waals surface area contributed by atoms with Gasteiger partial charge in [0.25, 0.3) is 0 Å². The molecule has 0 aliphatic heterocycles. The van der Waals surface area contributed by atoms with Gasteiger partial charge in [0.15, 0.2) is 0 Å². The lowest BCUT2D eigenvalue weighted by Crippen LogP contribution is -2.30. The van der Waals surface area contributed by atoms with Crippen LogP contribution in [0.1, 0.15) is 5.69 Å². The van der Waals surface area contributed by atoms with E-state index in [9.17, 15) is 13.2 Å². The summed E-state index contributed by atoms with van der Waals surface area (Å²) < 4.78 is 23.7. The number of rotatable bonds is 3. The number of H-pyrrole nitrogens is 1. The van der Waals surface area contributed by atoms with Gasteiger partial charge < -0.3 is 0 Å². The minimum Gasteiger partial charge on any atom is -0.281 e. The minimum atomic E-state index is -3.51. The molecule has 2 rings (SSSR count). The SMILES string of the molecule is CS(=O)(=O)NC(=O)Cc1[nH]nc2ccccc12. The zero-order valence-corrected chi connectivity index (χ0v) is 9.91. The van der Waals surface area contributed by atoms with E-state index in [-0.39, 0.29) is 6.42 Å². The van der Waals surface area contributed by atoms with Crippen LogP contribution in [-0.4, -0.2) is 30.8 Å². The van der Waals surface area contributed by atoms with E-state index in [4.69, 9.17) is 0 Å². The molecule has 2 N–H and O–H groups in total. The highest BCUT2D eigenvalue weighted by atomic mass is 32.2. The highest BCUT2D eigenvalue weighted by molar-refractivity contribution is 7.89. The molecule has 7 heteroatoms. The van der Waals surface area contributed by atoms with Crippen molar-refractivity contribution in [1.29, 1.82) is 0 Å². The van der Waals surface area contributed by atoms with Gasteiger partial charge in [-0.3, -0.25) is 14.6 Å². The van der Waals surface area contributed by atoms with Gasteiger partial charge in [-0.2, -0.15) is 5.10 Å². The van der Waals surface area contributed by atoms with Crippen LogP contribution in [0.25, 0.3) is 10.9 Å². The molecule has 2 aromatic rings. The maximum absolute atomic E-state index is 11.4. The first-order chi connectivity index (χ1) is 7.96. The molecule has 0 aliphatic carbocycles. The number of aromatic amines is 1. The minimum absolute atomic E-state index is 0.0480. The first kappa shape index (κ1) is 11.6. The topological polar surface area (TPSA) is 91.9 Å². The monoisotopic (exact) mass is 253 g/mol. The molecular formula is C10H11N3O3S. The smallest absolute Gasteiger partial charge is 0.239 e. The van der Waals surface area contributed by atoms with E-state index in [2.05, 4.69) is 10.2 Å². The molecule has 0 saturated carbocycles. The highest BCUT2D eigenvalue weighted by Gasteiger charge is 2.12. The Morgan fingerprint density at radius 1 is 1.41 bits per heavy atom. The summed E-state index contributed by atoms with van der Waals surface area (Å²) in [6.45, 7) is 0. The first-order valence-corrected chi connectivity index (χ1v) is 6.77. The van der Waals surface area contributed by atoms with Crippen molar-refractivity contribution in [1.82, 2.24) is 14.9 Å². The molecule has 1 aromatic heterocycles. The molecule has 0 aliphatic rings. The number of sulfonamides is 1. The summed E-state index contributed by atoms with van der Waals surface area (Å²) in [5.74, 6) is -0.582. The largest absolute Gasteiger partial charge is 0.281 e. The van der Waals surface area contributed by atoms with Gasteiger partial charge >= 0.3 is 0 Å². The van der Waals surface area contributed by atoms with E-state index >= 15 is 0 Å². The van der Waals surface area contributed by atoms with Crippen molar-refractivity contribution in [2.75, 3.05) is 6.26 Å². The Morgan fingerprint density at radius 2 is 2.12 bits per heavy atom. The van der Waals surface area contributed by atoms with Crippen LogP contribution in [0, 0.1) is 0 Å². The normalized spacial score (nSPS) is 11.6. The summed E-state index contributed by atoms with van der Waals surface area (Å²) in [4.78, 5) is 11.4. The van der Waals surface area contributed by atoms with Crippen LogP contribution < -0.4 is 4.72 Å². The molecule has 0 bridgehead atoms. The molecule has 0 radical (unpaired) electrons. The predicted molar refractivity (Wildman–Crippen MR) is 62.8 cm³/mol. The summed E-state index contributed by atoms with van der Waals surface area (Å²) in [6, 6.07) is 7.30. The van der Waals surface area contributed by atoms with Crippen molar-refractivity contribution in [3.05, 3.63) is 30.0 Å². The van der Waals surface area contributed by atoms with Gasteiger partial charge in [0.2, 0.25) is 15.9 Å². The average molecular weight is 253 g/mol. The van der Waals surface area contributed by atoms with Crippen LogP contribution in [-0.2, 0) is 21.2 Å². The standard InChI is InChI=1S/C10H11N3O3S/c1-17(15,16)13-10(14)6-9-7-4-2-3-5-8(7)11-12-9/h2-5H,6H2,1H3,(H,11,12)(H,13,14). The molecule has 1 aromatic carbocycles. The van der Waals surface area contributed by atoms with Gasteiger partial charge in [0, 0.05) is 5.39 Å². The van der Waals surface area contributed by atoms with Crippen LogP contribution in [0.5, 0.6) is 0 Å². The van der Waals surface area contributed by atoms with Gasteiger partial charge in [0.1, 0.15) is 0 Å². The molecule has 17 heavy (non-hydrogen) atoms. The molecule has 0 saturated heterocycles. The zero-order valence-electron chi connectivity index (χ0n) is 9.10. The van der Waals surface area contributed by atoms with Gasteiger partial charge in [0.05, 0.1) is 23.9 Å². The average Bonchev–Trinajstić information content (AvgIpc) is 2.59. The third kappa shape index (κ3) is 2.82. The number of fused-ring (bicyclic) bond motifs is 1. The van der Waals surface area contributed by atoms with E-state index in [1.54, 1.807) is 0 Å². The number of nitrogens with zero attached hydrogens (tertiary/aromatic N) is 1. The van der Waals surface area contributed by atoms with Crippen LogP contribution in [0.2, 0.25) is 0 Å². The van der Waals surface area contributed by atoms with Gasteiger partial charge in [-0.1, -0.05) is 18.2 Å². The summed E-state index contributed by atoms with van der Waals surface area (Å²) in [6.07, 6.45) is 0.892. The Kier molecular flexibility index (Phi) is 2.84. The maximum Gasteiger partial charge on any atom is 0.239 e. The maximum atomic E-state index is 11.4. The molecule has 0 spiro atoms. The second-order valence-electron chi connectivity index (χ2n) is 3.69. The number of carbonyl (C=O) groups is 1. The van der Waals surface area contributed by atoms with Crippen molar-refractivity contribution in [2.24, 2.45) is 0 Å². The summed E-state index contributed by atoms with van der Waals surface area (Å²) >= 11 is 0. The number of benzene rings is 1. The number of hydrogen-bond acceptors (Lipinski definition) is 4. The van der Waals surface area contributed by atoms with Crippen molar-refractivity contribution in [3.63, 3.8) is 0 Å². The molecular weight excluding hydrogens is 242 g/mol. The van der Waals surface area contributed by atoms with Crippen molar-refractivity contribution in [2.45, 2.75) is 6.42 Å². The van der Waals surface area contributed by atoms with Crippen LogP contribution in [0.15, 0.2) is 24.3 Å². The lowest BCUT2D eigenvalue weighted by Gasteiger charge is -2.01. The molecule has 1 amide bonds. The molecule has 0 unspecified atom stereocenters. The summed E-state index contributed by atoms with van der Waals surface area (Å²) in [5.41, 5.74) is 1.34. The lowest BCUT2D eigenvalue weighted by molar-refractivity contribution is -0.118. The molecule has 6 nitrogen and oxygen atoms in total. The number of nitrogens with one attached hydrogen (secondary N) is 2. The van der Waals surface area contributed by atoms with Crippen LogP contribution in [0.4, 0.5) is 0 Å². The number of carbonyl (C=O) groups excluding carboxylic acids is 1. The Hall–Kier alpha value is -1.89. The molecule has 0 atom stereocenters. The highest BCUT2D eigenvalue weighted by Crippen LogP contribution is 2.15. The Bertz CT molecular complexity index is 660.